The Morgan fingerprint density at radius 1 is 0.842 bits per heavy atom. The maximum Gasteiger partial charge on any atom is 0.119 e. The molecule has 0 aliphatic rings. The van der Waals surface area contributed by atoms with Crippen LogP contribution in [0.5, 0.6) is 5.75 Å². The maximum atomic E-state index is 5.77. The van der Waals surface area contributed by atoms with Gasteiger partial charge in [-0.15, -0.1) is 0 Å². The lowest BCUT2D eigenvalue weighted by Crippen LogP contribution is -1.97. The molecule has 100 valence electrons. The highest BCUT2D eigenvalue weighted by atomic mass is 16.5. The Morgan fingerprint density at radius 2 is 1.42 bits per heavy atom. The molecule has 1 heteroatoms. The highest BCUT2D eigenvalue weighted by Crippen LogP contribution is 2.15. The minimum atomic E-state index is 0.630. The number of ether oxygens (including phenoxy) is 1. The fourth-order valence-electron chi connectivity index (χ4n) is 2.04. The second-order valence-corrected chi connectivity index (χ2v) is 5.52. The highest BCUT2D eigenvalue weighted by Gasteiger charge is 1.99. The molecule has 2 rings (SSSR count). The molecule has 0 unspecified atom stereocenters. The first-order valence-electron chi connectivity index (χ1n) is 6.91. The van der Waals surface area contributed by atoms with E-state index in [2.05, 4.69) is 57.2 Å². The predicted octanol–water partition coefficient (Wildman–Crippen LogP) is 4.77. The van der Waals surface area contributed by atoms with Crippen molar-refractivity contribution < 1.29 is 4.74 Å². The molecule has 0 spiro atoms. The molecule has 0 aliphatic heterocycles. The lowest BCUT2D eigenvalue weighted by molar-refractivity contribution is 0.306. The molecule has 0 atom stereocenters. The van der Waals surface area contributed by atoms with E-state index in [0.29, 0.717) is 12.5 Å². The van der Waals surface area contributed by atoms with Gasteiger partial charge in [-0.2, -0.15) is 0 Å². The van der Waals surface area contributed by atoms with Gasteiger partial charge in [-0.1, -0.05) is 55.8 Å². The van der Waals surface area contributed by atoms with E-state index in [1.807, 2.05) is 12.1 Å². The summed E-state index contributed by atoms with van der Waals surface area (Å²) < 4.78 is 5.77. The molecule has 0 heterocycles. The average Bonchev–Trinajstić information content (AvgIpc) is 2.39. The Balaban J connectivity index is 1.91. The Morgan fingerprint density at radius 3 is 2.00 bits per heavy atom. The van der Waals surface area contributed by atoms with Crippen LogP contribution in [-0.2, 0) is 13.0 Å². The van der Waals surface area contributed by atoms with E-state index in [1.165, 1.54) is 16.7 Å². The second kappa shape index (κ2) is 6.42. The van der Waals surface area contributed by atoms with Gasteiger partial charge in [0.15, 0.2) is 0 Å². The Bertz CT molecular complexity index is 494. The van der Waals surface area contributed by atoms with E-state index < -0.39 is 0 Å². The topological polar surface area (TPSA) is 9.23 Å². The smallest absolute Gasteiger partial charge is 0.119 e. The molecule has 0 N–H and O–H groups in total. The van der Waals surface area contributed by atoms with Gasteiger partial charge in [0.1, 0.15) is 12.4 Å². The Kier molecular flexibility index (Phi) is 4.62. The number of rotatable bonds is 5. The van der Waals surface area contributed by atoms with E-state index in [4.69, 9.17) is 4.74 Å². The van der Waals surface area contributed by atoms with Crippen molar-refractivity contribution in [2.75, 3.05) is 0 Å². The molecule has 0 saturated heterocycles. The second-order valence-electron chi connectivity index (χ2n) is 5.52. The molecule has 0 amide bonds. The lowest BCUT2D eigenvalue weighted by Gasteiger charge is -2.08. The summed E-state index contributed by atoms with van der Waals surface area (Å²) in [7, 11) is 0. The molecule has 19 heavy (non-hydrogen) atoms. The summed E-state index contributed by atoms with van der Waals surface area (Å²) in [6.45, 7) is 7.20. The van der Waals surface area contributed by atoms with Crippen LogP contribution >= 0.6 is 0 Å². The zero-order chi connectivity index (χ0) is 13.7. The molecule has 0 fully saturated rings. The first-order chi connectivity index (χ1) is 9.13. The van der Waals surface area contributed by atoms with Crippen molar-refractivity contribution in [3.63, 3.8) is 0 Å². The summed E-state index contributed by atoms with van der Waals surface area (Å²) in [5.74, 6) is 1.63. The summed E-state index contributed by atoms with van der Waals surface area (Å²) in [6.07, 6.45) is 1.14. The van der Waals surface area contributed by atoms with Gasteiger partial charge in [0.05, 0.1) is 0 Å². The first kappa shape index (κ1) is 13.7. The minimum Gasteiger partial charge on any atom is -0.489 e. The molecule has 0 bridgehead atoms. The third kappa shape index (κ3) is 4.44. The van der Waals surface area contributed by atoms with Crippen LogP contribution in [-0.4, -0.2) is 0 Å². The molecule has 0 radical (unpaired) electrons. The van der Waals surface area contributed by atoms with Gasteiger partial charge < -0.3 is 4.74 Å². The van der Waals surface area contributed by atoms with Crippen molar-refractivity contribution in [2.24, 2.45) is 5.92 Å². The summed E-state index contributed by atoms with van der Waals surface area (Å²) in [5.41, 5.74) is 3.87. The quantitative estimate of drug-likeness (QED) is 0.746. The fraction of sp³-hybridized carbons (Fsp3) is 0.333. The molecule has 0 saturated carbocycles. The third-order valence-corrected chi connectivity index (χ3v) is 3.09. The van der Waals surface area contributed by atoms with Crippen LogP contribution < -0.4 is 4.74 Å². The van der Waals surface area contributed by atoms with Crippen LogP contribution in [0.2, 0.25) is 0 Å². The standard InChI is InChI=1S/C18H22O/c1-14(2)12-16-6-8-17(9-7-16)13-19-18-10-4-15(3)5-11-18/h4-11,14H,12-13H2,1-3H3. The molecule has 1 nitrogen and oxygen atoms in total. The number of hydrogen-bond acceptors (Lipinski definition) is 1. The van der Waals surface area contributed by atoms with Crippen LogP contribution in [0.25, 0.3) is 0 Å². The van der Waals surface area contributed by atoms with Gasteiger partial charge in [0.25, 0.3) is 0 Å². The van der Waals surface area contributed by atoms with E-state index >= 15 is 0 Å². The maximum absolute atomic E-state index is 5.77. The van der Waals surface area contributed by atoms with Crippen LogP contribution in [0.1, 0.15) is 30.5 Å². The highest BCUT2D eigenvalue weighted by molar-refractivity contribution is 5.27. The first-order valence-corrected chi connectivity index (χ1v) is 6.91. The van der Waals surface area contributed by atoms with Gasteiger partial charge >= 0.3 is 0 Å². The van der Waals surface area contributed by atoms with E-state index in [9.17, 15) is 0 Å². The Hall–Kier alpha value is -1.76. The Labute approximate surface area is 116 Å². The zero-order valence-corrected chi connectivity index (χ0v) is 12.0. The van der Waals surface area contributed by atoms with Crippen molar-refractivity contribution in [3.05, 3.63) is 65.2 Å². The average molecular weight is 254 g/mol. The molecular weight excluding hydrogens is 232 g/mol. The monoisotopic (exact) mass is 254 g/mol. The molecule has 2 aromatic rings. The van der Waals surface area contributed by atoms with Gasteiger partial charge in [0.2, 0.25) is 0 Å². The van der Waals surface area contributed by atoms with Gasteiger partial charge in [0, 0.05) is 0 Å². The number of hydrogen-bond donors (Lipinski definition) is 0. The van der Waals surface area contributed by atoms with Gasteiger partial charge in [-0.05, 0) is 42.5 Å². The number of aryl methyl sites for hydroxylation is 1. The third-order valence-electron chi connectivity index (χ3n) is 3.09. The predicted molar refractivity (Wildman–Crippen MR) is 80.5 cm³/mol. The molecule has 2 aromatic carbocycles. The normalized spacial score (nSPS) is 10.7. The largest absolute Gasteiger partial charge is 0.489 e. The molecule has 0 aliphatic carbocycles. The fourth-order valence-corrected chi connectivity index (χ4v) is 2.04. The van der Waals surface area contributed by atoms with Crippen LogP contribution in [0, 0.1) is 12.8 Å². The van der Waals surface area contributed by atoms with E-state index in [-0.39, 0.29) is 0 Å². The summed E-state index contributed by atoms with van der Waals surface area (Å²) >= 11 is 0. The summed E-state index contributed by atoms with van der Waals surface area (Å²) in [6, 6.07) is 16.9. The van der Waals surface area contributed by atoms with Crippen LogP contribution in [0.3, 0.4) is 0 Å². The molecular formula is C18H22O. The van der Waals surface area contributed by atoms with Crippen molar-refractivity contribution in [2.45, 2.75) is 33.8 Å². The lowest BCUT2D eigenvalue weighted by atomic mass is 10.0. The van der Waals surface area contributed by atoms with Gasteiger partial charge in [-0.25, -0.2) is 0 Å². The van der Waals surface area contributed by atoms with Crippen LogP contribution in [0.4, 0.5) is 0 Å². The summed E-state index contributed by atoms with van der Waals surface area (Å²) in [4.78, 5) is 0. The van der Waals surface area contributed by atoms with Crippen molar-refractivity contribution in [1.29, 1.82) is 0 Å². The SMILES string of the molecule is Cc1ccc(OCc2ccc(CC(C)C)cc2)cc1. The summed E-state index contributed by atoms with van der Waals surface area (Å²) in [5, 5.41) is 0. The van der Waals surface area contributed by atoms with Crippen molar-refractivity contribution in [3.8, 4) is 5.75 Å². The van der Waals surface area contributed by atoms with Crippen molar-refractivity contribution >= 4 is 0 Å². The number of benzene rings is 2. The van der Waals surface area contributed by atoms with E-state index in [0.717, 1.165) is 12.2 Å². The van der Waals surface area contributed by atoms with Gasteiger partial charge in [-0.3, -0.25) is 0 Å². The van der Waals surface area contributed by atoms with E-state index in [1.54, 1.807) is 0 Å². The zero-order valence-electron chi connectivity index (χ0n) is 12.0. The van der Waals surface area contributed by atoms with Crippen LogP contribution in [0.15, 0.2) is 48.5 Å². The van der Waals surface area contributed by atoms with Crippen molar-refractivity contribution in [1.82, 2.24) is 0 Å². The molecule has 0 aromatic heterocycles. The minimum absolute atomic E-state index is 0.630.